The van der Waals surface area contributed by atoms with Gasteiger partial charge >= 0.3 is 0 Å². The van der Waals surface area contributed by atoms with Crippen LogP contribution < -0.4 is 10.6 Å². The predicted molar refractivity (Wildman–Crippen MR) is 79.8 cm³/mol. The van der Waals surface area contributed by atoms with Crippen LogP contribution >= 0.6 is 0 Å². The van der Waals surface area contributed by atoms with Gasteiger partial charge in [0.25, 0.3) is 0 Å². The average Bonchev–Trinajstić information content (AvgIpc) is 2.47. The number of hydrogen-bond acceptors (Lipinski definition) is 1. The topological polar surface area (TPSA) is 36.4 Å². The third-order valence-corrected chi connectivity index (χ3v) is 2.92. The van der Waals surface area contributed by atoms with Gasteiger partial charge in [0.05, 0.1) is 0 Å². The number of benzene rings is 2. The lowest BCUT2D eigenvalue weighted by Crippen LogP contribution is -2.36. The lowest BCUT2D eigenvalue weighted by Gasteiger charge is -2.12. The Kier molecular flexibility index (Phi) is 5.26. The number of nitrogens with zero attached hydrogens (tertiary/aromatic N) is 1. The molecule has 0 unspecified atom stereocenters. The molecular formula is C16H17F2N3. The summed E-state index contributed by atoms with van der Waals surface area (Å²) in [4.78, 5) is 4.07. The molecule has 0 saturated heterocycles. The Labute approximate surface area is 122 Å². The van der Waals surface area contributed by atoms with Crippen molar-refractivity contribution in [2.45, 2.75) is 13.1 Å². The molecule has 2 aromatic carbocycles. The highest BCUT2D eigenvalue weighted by molar-refractivity contribution is 5.79. The fourth-order valence-electron chi connectivity index (χ4n) is 1.89. The zero-order valence-electron chi connectivity index (χ0n) is 11.7. The largest absolute Gasteiger partial charge is 0.352 e. The van der Waals surface area contributed by atoms with Crippen LogP contribution in [-0.4, -0.2) is 13.0 Å². The number of halogens is 2. The Morgan fingerprint density at radius 3 is 1.76 bits per heavy atom. The number of hydrogen-bond donors (Lipinski definition) is 2. The van der Waals surface area contributed by atoms with Crippen LogP contribution in [0.5, 0.6) is 0 Å². The average molecular weight is 289 g/mol. The Balaban J connectivity index is 1.86. The van der Waals surface area contributed by atoms with Crippen molar-refractivity contribution in [1.82, 2.24) is 10.6 Å². The van der Waals surface area contributed by atoms with E-state index in [1.54, 1.807) is 19.2 Å². The third kappa shape index (κ3) is 4.87. The van der Waals surface area contributed by atoms with Gasteiger partial charge in [0, 0.05) is 20.1 Å². The molecule has 0 fully saturated rings. The lowest BCUT2D eigenvalue weighted by molar-refractivity contribution is 0.624. The zero-order valence-corrected chi connectivity index (χ0v) is 11.7. The molecule has 0 amide bonds. The number of nitrogens with one attached hydrogen (secondary N) is 2. The van der Waals surface area contributed by atoms with Crippen molar-refractivity contribution >= 4 is 5.96 Å². The summed E-state index contributed by atoms with van der Waals surface area (Å²) in [6.45, 7) is 0.918. The maximum absolute atomic E-state index is 13.1. The fraction of sp³-hybridized carbons (Fsp3) is 0.188. The maximum atomic E-state index is 13.1. The van der Waals surface area contributed by atoms with E-state index in [-0.39, 0.29) is 11.6 Å². The highest BCUT2D eigenvalue weighted by atomic mass is 19.1. The summed E-state index contributed by atoms with van der Waals surface area (Å²) >= 11 is 0. The third-order valence-electron chi connectivity index (χ3n) is 2.92. The van der Waals surface area contributed by atoms with E-state index in [0.29, 0.717) is 19.0 Å². The van der Waals surface area contributed by atoms with Crippen LogP contribution in [0.3, 0.4) is 0 Å². The highest BCUT2D eigenvalue weighted by Gasteiger charge is 2.00. The Bertz CT molecular complexity index is 575. The molecule has 0 bridgehead atoms. The molecule has 2 rings (SSSR count). The van der Waals surface area contributed by atoms with Gasteiger partial charge in [-0.25, -0.2) is 8.78 Å². The molecule has 0 aliphatic carbocycles. The van der Waals surface area contributed by atoms with Gasteiger partial charge in [-0.15, -0.1) is 0 Å². The van der Waals surface area contributed by atoms with E-state index in [1.807, 2.05) is 12.1 Å². The second-order valence-corrected chi connectivity index (χ2v) is 4.54. The molecule has 5 heteroatoms. The molecule has 0 atom stereocenters. The minimum absolute atomic E-state index is 0.267. The summed E-state index contributed by atoms with van der Waals surface area (Å²) in [7, 11) is 1.65. The first-order valence-electron chi connectivity index (χ1n) is 6.61. The standard InChI is InChI=1S/C16H17F2N3/c1-19-16(20-10-12-4-2-6-14(17)8-12)21-11-13-5-3-7-15(18)9-13/h2-9H,10-11H2,1H3,(H2,19,20,21). The van der Waals surface area contributed by atoms with Crippen LogP contribution in [0, 0.1) is 11.6 Å². The molecule has 0 heterocycles. The van der Waals surface area contributed by atoms with Crippen LogP contribution in [0.2, 0.25) is 0 Å². The molecular weight excluding hydrogens is 272 g/mol. The lowest BCUT2D eigenvalue weighted by atomic mass is 10.2. The van der Waals surface area contributed by atoms with Crippen molar-refractivity contribution in [1.29, 1.82) is 0 Å². The summed E-state index contributed by atoms with van der Waals surface area (Å²) in [6.07, 6.45) is 0. The van der Waals surface area contributed by atoms with Crippen molar-refractivity contribution in [2.24, 2.45) is 4.99 Å². The van der Waals surface area contributed by atoms with Crippen LogP contribution in [0.15, 0.2) is 53.5 Å². The molecule has 0 aliphatic rings. The molecule has 2 N–H and O–H groups in total. The summed E-state index contributed by atoms with van der Waals surface area (Å²) < 4.78 is 26.1. The van der Waals surface area contributed by atoms with Crippen LogP contribution in [0.1, 0.15) is 11.1 Å². The fourth-order valence-corrected chi connectivity index (χ4v) is 1.89. The van der Waals surface area contributed by atoms with E-state index in [4.69, 9.17) is 0 Å². The van der Waals surface area contributed by atoms with Crippen LogP contribution in [-0.2, 0) is 13.1 Å². The van der Waals surface area contributed by atoms with Gasteiger partial charge in [0.1, 0.15) is 11.6 Å². The monoisotopic (exact) mass is 289 g/mol. The summed E-state index contributed by atoms with van der Waals surface area (Å²) in [5.74, 6) is 0.0394. The van der Waals surface area contributed by atoms with E-state index in [9.17, 15) is 8.78 Å². The minimum Gasteiger partial charge on any atom is -0.352 e. The number of rotatable bonds is 4. The minimum atomic E-state index is -0.267. The molecule has 0 radical (unpaired) electrons. The first-order valence-corrected chi connectivity index (χ1v) is 6.61. The smallest absolute Gasteiger partial charge is 0.191 e. The number of aliphatic imine (C=N–C) groups is 1. The van der Waals surface area contributed by atoms with E-state index >= 15 is 0 Å². The first kappa shape index (κ1) is 15.0. The molecule has 0 aliphatic heterocycles. The van der Waals surface area contributed by atoms with Crippen molar-refractivity contribution in [3.8, 4) is 0 Å². The van der Waals surface area contributed by atoms with Crippen LogP contribution in [0.25, 0.3) is 0 Å². The van der Waals surface area contributed by atoms with Gasteiger partial charge in [-0.05, 0) is 35.4 Å². The highest BCUT2D eigenvalue weighted by Crippen LogP contribution is 2.04. The predicted octanol–water partition coefficient (Wildman–Crippen LogP) is 2.83. The van der Waals surface area contributed by atoms with Crippen LogP contribution in [0.4, 0.5) is 8.78 Å². The van der Waals surface area contributed by atoms with Gasteiger partial charge in [0.15, 0.2) is 5.96 Å². The van der Waals surface area contributed by atoms with Crippen molar-refractivity contribution in [3.63, 3.8) is 0 Å². The Hall–Kier alpha value is -2.43. The molecule has 0 spiro atoms. The van der Waals surface area contributed by atoms with E-state index < -0.39 is 0 Å². The van der Waals surface area contributed by atoms with Crippen molar-refractivity contribution in [3.05, 3.63) is 71.3 Å². The first-order chi connectivity index (χ1) is 10.2. The molecule has 0 aromatic heterocycles. The normalized spacial score (nSPS) is 10.0. The second-order valence-electron chi connectivity index (χ2n) is 4.54. The SMILES string of the molecule is CN=C(NCc1cccc(F)c1)NCc1cccc(F)c1. The molecule has 21 heavy (non-hydrogen) atoms. The summed E-state index contributed by atoms with van der Waals surface area (Å²) in [6, 6.07) is 12.7. The summed E-state index contributed by atoms with van der Waals surface area (Å²) in [5.41, 5.74) is 1.65. The van der Waals surface area contributed by atoms with E-state index in [2.05, 4.69) is 15.6 Å². The van der Waals surface area contributed by atoms with Gasteiger partial charge in [-0.2, -0.15) is 0 Å². The van der Waals surface area contributed by atoms with E-state index in [1.165, 1.54) is 24.3 Å². The van der Waals surface area contributed by atoms with Gasteiger partial charge in [-0.1, -0.05) is 24.3 Å². The molecule has 0 saturated carbocycles. The van der Waals surface area contributed by atoms with Gasteiger partial charge in [-0.3, -0.25) is 4.99 Å². The van der Waals surface area contributed by atoms with E-state index in [0.717, 1.165) is 11.1 Å². The molecule has 3 nitrogen and oxygen atoms in total. The Morgan fingerprint density at radius 2 is 1.38 bits per heavy atom. The summed E-state index contributed by atoms with van der Waals surface area (Å²) in [5, 5.41) is 6.15. The second kappa shape index (κ2) is 7.38. The van der Waals surface area contributed by atoms with Gasteiger partial charge in [0.2, 0.25) is 0 Å². The molecule has 2 aromatic rings. The Morgan fingerprint density at radius 1 is 0.905 bits per heavy atom. The van der Waals surface area contributed by atoms with Crippen molar-refractivity contribution < 1.29 is 8.78 Å². The number of guanidine groups is 1. The molecule has 110 valence electrons. The van der Waals surface area contributed by atoms with Gasteiger partial charge < -0.3 is 10.6 Å². The quantitative estimate of drug-likeness (QED) is 0.671. The zero-order chi connectivity index (χ0) is 15.1. The van der Waals surface area contributed by atoms with Crippen molar-refractivity contribution in [2.75, 3.05) is 7.05 Å². The maximum Gasteiger partial charge on any atom is 0.191 e.